The molecule has 0 spiro atoms. The fourth-order valence-electron chi connectivity index (χ4n) is 1.71. The maximum atomic E-state index is 11.4. The van der Waals surface area contributed by atoms with Gasteiger partial charge in [0.05, 0.1) is 5.56 Å². The number of amides is 1. The fourth-order valence-corrected chi connectivity index (χ4v) is 2.55. The molecular formula is C24H34N2O4S2. The maximum absolute atomic E-state index is 11.4. The van der Waals surface area contributed by atoms with Crippen molar-refractivity contribution in [1.29, 1.82) is 0 Å². The van der Waals surface area contributed by atoms with Crippen LogP contribution in [0.15, 0.2) is 53.4 Å². The number of nitrogens with zero attached hydrogens (tertiary/aromatic N) is 2. The third-order valence-corrected chi connectivity index (χ3v) is 4.80. The molecule has 0 atom stereocenters. The van der Waals surface area contributed by atoms with Gasteiger partial charge in [0, 0.05) is 38.6 Å². The Bertz CT molecular complexity index is 771. The Balaban J connectivity index is 0. The molecule has 0 bridgehead atoms. The molecular weight excluding hydrogens is 444 g/mol. The lowest BCUT2D eigenvalue weighted by Crippen LogP contribution is -2.25. The molecule has 1 amide bonds. The SMILES string of the molecule is CC.CC.CN(C)C(=O)Sc1ccccc1C=O.CN(C)C(=S)Oc1ccccc1C=O. The lowest BCUT2D eigenvalue weighted by atomic mass is 10.2. The Morgan fingerprint density at radius 3 is 1.75 bits per heavy atom. The molecule has 0 aliphatic rings. The van der Waals surface area contributed by atoms with Crippen LogP contribution in [0.5, 0.6) is 5.75 Å². The van der Waals surface area contributed by atoms with Crippen LogP contribution in [0.25, 0.3) is 0 Å². The molecule has 2 aromatic rings. The Morgan fingerprint density at radius 2 is 1.28 bits per heavy atom. The van der Waals surface area contributed by atoms with Gasteiger partial charge in [-0.25, -0.2) is 0 Å². The summed E-state index contributed by atoms with van der Waals surface area (Å²) in [6, 6.07) is 14.0. The first-order valence-electron chi connectivity index (χ1n) is 10.2. The molecule has 0 aliphatic carbocycles. The molecule has 0 saturated heterocycles. The van der Waals surface area contributed by atoms with Crippen molar-refractivity contribution in [2.24, 2.45) is 0 Å². The number of hydrogen-bond acceptors (Lipinski definition) is 6. The summed E-state index contributed by atoms with van der Waals surface area (Å²) in [5, 5.41) is 0.249. The lowest BCUT2D eigenvalue weighted by molar-refractivity contribution is 0.111. The zero-order valence-electron chi connectivity index (χ0n) is 20.1. The lowest BCUT2D eigenvalue weighted by Gasteiger charge is -2.14. The number of para-hydroxylation sites is 1. The van der Waals surface area contributed by atoms with Crippen molar-refractivity contribution >= 4 is 47.0 Å². The summed E-state index contributed by atoms with van der Waals surface area (Å²) in [5.41, 5.74) is 1.05. The molecule has 0 heterocycles. The van der Waals surface area contributed by atoms with Crippen molar-refractivity contribution in [3.63, 3.8) is 0 Å². The minimum atomic E-state index is -0.0840. The highest BCUT2D eigenvalue weighted by atomic mass is 32.2. The van der Waals surface area contributed by atoms with Crippen molar-refractivity contribution in [3.05, 3.63) is 59.7 Å². The molecule has 0 unspecified atom stereocenters. The molecule has 2 rings (SSSR count). The van der Waals surface area contributed by atoms with Crippen molar-refractivity contribution in [2.75, 3.05) is 28.2 Å². The number of rotatable bonds is 4. The molecule has 32 heavy (non-hydrogen) atoms. The van der Waals surface area contributed by atoms with E-state index < -0.39 is 0 Å². The van der Waals surface area contributed by atoms with Gasteiger partial charge in [-0.2, -0.15) is 0 Å². The van der Waals surface area contributed by atoms with Gasteiger partial charge >= 0.3 is 0 Å². The van der Waals surface area contributed by atoms with Crippen LogP contribution in [-0.2, 0) is 0 Å². The highest BCUT2D eigenvalue weighted by Gasteiger charge is 2.09. The third kappa shape index (κ3) is 12.2. The minimum Gasteiger partial charge on any atom is -0.431 e. The number of carbonyl (C=O) groups excluding carboxylic acids is 3. The van der Waals surface area contributed by atoms with E-state index in [1.807, 2.05) is 27.7 Å². The van der Waals surface area contributed by atoms with E-state index in [0.29, 0.717) is 26.9 Å². The molecule has 0 fully saturated rings. The van der Waals surface area contributed by atoms with Crippen LogP contribution < -0.4 is 4.74 Å². The van der Waals surface area contributed by atoms with Gasteiger partial charge in [0.1, 0.15) is 5.75 Å². The fraction of sp³-hybridized carbons (Fsp3) is 0.333. The van der Waals surface area contributed by atoms with E-state index >= 15 is 0 Å². The molecule has 6 nitrogen and oxygen atoms in total. The average Bonchev–Trinajstić information content (AvgIpc) is 2.82. The number of thioether (sulfide) groups is 1. The molecule has 0 radical (unpaired) electrons. The van der Waals surface area contributed by atoms with Gasteiger partial charge in [0.25, 0.3) is 10.4 Å². The van der Waals surface area contributed by atoms with Crippen LogP contribution in [0, 0.1) is 0 Å². The standard InChI is InChI=1S/2C10H11NO2S.2C2H6/c1-11(2)10(13)14-9-6-4-3-5-8(9)7-12;1-11(2)10(14)13-9-6-4-3-5-8(9)7-12;2*1-2/h2*3-7H,1-2H3;2*1-2H3. The second-order valence-corrected chi connectivity index (χ2v) is 7.18. The zero-order valence-corrected chi connectivity index (χ0v) is 21.8. The number of benzene rings is 2. The monoisotopic (exact) mass is 478 g/mol. The van der Waals surface area contributed by atoms with Crippen LogP contribution in [0.2, 0.25) is 0 Å². The minimum absolute atomic E-state index is 0.0840. The van der Waals surface area contributed by atoms with E-state index in [4.69, 9.17) is 17.0 Å². The summed E-state index contributed by atoms with van der Waals surface area (Å²) in [6.07, 6.45) is 1.50. The quantitative estimate of drug-likeness (QED) is 0.301. The average molecular weight is 479 g/mol. The Labute approximate surface area is 201 Å². The van der Waals surface area contributed by atoms with Crippen LogP contribution >= 0.6 is 24.0 Å². The van der Waals surface area contributed by atoms with Crippen molar-refractivity contribution < 1.29 is 19.1 Å². The Morgan fingerprint density at radius 1 is 0.812 bits per heavy atom. The van der Waals surface area contributed by atoms with Crippen LogP contribution in [0.3, 0.4) is 0 Å². The second kappa shape index (κ2) is 19.0. The van der Waals surface area contributed by atoms with Crippen LogP contribution in [0.1, 0.15) is 48.4 Å². The van der Waals surface area contributed by atoms with Crippen molar-refractivity contribution in [3.8, 4) is 5.75 Å². The molecule has 2 aromatic carbocycles. The van der Waals surface area contributed by atoms with Crippen LogP contribution in [-0.4, -0.2) is 61.0 Å². The van der Waals surface area contributed by atoms with E-state index in [0.717, 1.165) is 24.3 Å². The first-order valence-corrected chi connectivity index (χ1v) is 11.4. The van der Waals surface area contributed by atoms with E-state index in [9.17, 15) is 14.4 Å². The van der Waals surface area contributed by atoms with Gasteiger partial charge in [-0.1, -0.05) is 58.0 Å². The summed E-state index contributed by atoms with van der Waals surface area (Å²) in [6.45, 7) is 8.00. The third-order valence-electron chi connectivity index (χ3n) is 3.22. The highest BCUT2D eigenvalue weighted by molar-refractivity contribution is 8.13. The molecule has 8 heteroatoms. The predicted octanol–water partition coefficient (Wildman–Crippen LogP) is 6.05. The number of aldehydes is 2. The Kier molecular flexibility index (Phi) is 18.7. The van der Waals surface area contributed by atoms with Gasteiger partial charge < -0.3 is 14.5 Å². The normalized spacial score (nSPS) is 8.62. The smallest absolute Gasteiger partial charge is 0.285 e. The molecule has 0 aliphatic heterocycles. The summed E-state index contributed by atoms with van der Waals surface area (Å²) >= 11 is 6.01. The molecule has 0 N–H and O–H groups in total. The van der Waals surface area contributed by atoms with E-state index in [2.05, 4.69) is 0 Å². The van der Waals surface area contributed by atoms with E-state index in [-0.39, 0.29) is 5.24 Å². The van der Waals surface area contributed by atoms with Crippen molar-refractivity contribution in [1.82, 2.24) is 9.80 Å². The molecule has 0 aromatic heterocycles. The number of hydrogen-bond donors (Lipinski definition) is 0. The molecule has 176 valence electrons. The summed E-state index contributed by atoms with van der Waals surface area (Å²) < 4.78 is 5.32. The topological polar surface area (TPSA) is 66.9 Å². The second-order valence-electron chi connectivity index (χ2n) is 5.84. The largest absolute Gasteiger partial charge is 0.431 e. The summed E-state index contributed by atoms with van der Waals surface area (Å²) in [5.74, 6) is 0.487. The van der Waals surface area contributed by atoms with Gasteiger partial charge in [0.15, 0.2) is 12.6 Å². The van der Waals surface area contributed by atoms with Crippen LogP contribution in [0.4, 0.5) is 4.79 Å². The first kappa shape index (κ1) is 31.5. The Hall–Kier alpha value is -2.71. The van der Waals surface area contributed by atoms with Gasteiger partial charge in [-0.3, -0.25) is 14.4 Å². The van der Waals surface area contributed by atoms with Gasteiger partial charge in [0.2, 0.25) is 0 Å². The molecule has 0 saturated carbocycles. The highest BCUT2D eigenvalue weighted by Crippen LogP contribution is 2.23. The summed E-state index contributed by atoms with van der Waals surface area (Å²) in [4.78, 5) is 36.5. The maximum Gasteiger partial charge on any atom is 0.285 e. The van der Waals surface area contributed by atoms with Crippen molar-refractivity contribution in [2.45, 2.75) is 32.6 Å². The summed E-state index contributed by atoms with van der Waals surface area (Å²) in [7, 11) is 6.93. The van der Waals surface area contributed by atoms with E-state index in [1.165, 1.54) is 4.90 Å². The van der Waals surface area contributed by atoms with Gasteiger partial charge in [-0.05, 0) is 42.2 Å². The number of ether oxygens (including phenoxy) is 1. The first-order chi connectivity index (χ1) is 15.3. The van der Waals surface area contributed by atoms with E-state index in [1.54, 1.807) is 81.6 Å². The zero-order chi connectivity index (χ0) is 25.1. The van der Waals surface area contributed by atoms with Gasteiger partial charge in [-0.15, -0.1) is 0 Å². The number of thiocarbonyl (C=S) groups is 1. The predicted molar refractivity (Wildman–Crippen MR) is 138 cm³/mol. The number of carbonyl (C=O) groups is 3.